The monoisotopic (exact) mass is 247 g/mol. The van der Waals surface area contributed by atoms with Crippen LogP contribution in [0.4, 0.5) is 0 Å². The molecule has 0 heterocycles. The van der Waals surface area contributed by atoms with Crippen molar-refractivity contribution in [3.8, 4) is 0 Å². The largest absolute Gasteiger partial charge is 0.480 e. The maximum absolute atomic E-state index is 11.1. The number of aliphatic carboxylic acids is 1. The molecule has 0 saturated carbocycles. The zero-order chi connectivity index (χ0) is 13.3. The van der Waals surface area contributed by atoms with Gasteiger partial charge in [0.15, 0.2) is 0 Å². The molecule has 3 heteroatoms. The number of hydrogen-bond acceptors (Lipinski definition) is 2. The van der Waals surface area contributed by atoms with Crippen LogP contribution in [0.2, 0.25) is 0 Å². The number of carbonyl (C=O) groups is 1. The number of benzene rings is 1. The van der Waals surface area contributed by atoms with Gasteiger partial charge in [0.2, 0.25) is 0 Å². The third-order valence-corrected chi connectivity index (χ3v) is 4.22. The van der Waals surface area contributed by atoms with Gasteiger partial charge in [0, 0.05) is 6.04 Å². The number of fused-ring (bicyclic) bond motifs is 1. The Labute approximate surface area is 108 Å². The van der Waals surface area contributed by atoms with Crippen LogP contribution in [0.25, 0.3) is 0 Å². The van der Waals surface area contributed by atoms with Gasteiger partial charge < -0.3 is 5.11 Å². The highest BCUT2D eigenvalue weighted by atomic mass is 16.4. The molecule has 1 N–H and O–H groups in total. The van der Waals surface area contributed by atoms with Crippen molar-refractivity contribution in [1.82, 2.24) is 4.90 Å². The highest BCUT2D eigenvalue weighted by Crippen LogP contribution is 2.40. The van der Waals surface area contributed by atoms with E-state index in [1.807, 2.05) is 18.0 Å². The average molecular weight is 247 g/mol. The van der Waals surface area contributed by atoms with Gasteiger partial charge in [-0.2, -0.15) is 0 Å². The molecule has 3 atom stereocenters. The van der Waals surface area contributed by atoms with E-state index in [4.69, 9.17) is 5.11 Å². The van der Waals surface area contributed by atoms with Crippen molar-refractivity contribution in [1.29, 1.82) is 0 Å². The van der Waals surface area contributed by atoms with E-state index < -0.39 is 12.0 Å². The molecule has 3 nitrogen and oxygen atoms in total. The van der Waals surface area contributed by atoms with Gasteiger partial charge in [-0.1, -0.05) is 31.2 Å². The minimum atomic E-state index is -0.756. The van der Waals surface area contributed by atoms with E-state index in [1.54, 1.807) is 6.92 Å². The summed E-state index contributed by atoms with van der Waals surface area (Å²) in [4.78, 5) is 13.1. The van der Waals surface area contributed by atoms with Crippen LogP contribution in [-0.2, 0) is 4.79 Å². The van der Waals surface area contributed by atoms with E-state index in [0.29, 0.717) is 5.92 Å². The molecule has 1 aromatic carbocycles. The van der Waals surface area contributed by atoms with E-state index in [1.165, 1.54) is 11.1 Å². The van der Waals surface area contributed by atoms with E-state index in [-0.39, 0.29) is 6.04 Å². The van der Waals surface area contributed by atoms with Gasteiger partial charge in [-0.15, -0.1) is 0 Å². The summed E-state index contributed by atoms with van der Waals surface area (Å²) in [5, 5.41) is 9.14. The summed E-state index contributed by atoms with van der Waals surface area (Å²) in [5.41, 5.74) is 2.67. The molecule has 0 aliphatic heterocycles. The average Bonchev–Trinajstić information content (AvgIpc) is 2.38. The molecule has 0 fully saturated rings. The van der Waals surface area contributed by atoms with Crippen molar-refractivity contribution in [2.24, 2.45) is 0 Å². The summed E-state index contributed by atoms with van der Waals surface area (Å²) in [6, 6.07) is 8.20. The van der Waals surface area contributed by atoms with Gasteiger partial charge >= 0.3 is 5.97 Å². The smallest absolute Gasteiger partial charge is 0.320 e. The number of carboxylic acid groups (broad SMARTS) is 1. The molecular weight excluding hydrogens is 226 g/mol. The van der Waals surface area contributed by atoms with E-state index in [2.05, 4.69) is 25.1 Å². The fraction of sp³-hybridized carbons (Fsp3) is 0.533. The fourth-order valence-corrected chi connectivity index (χ4v) is 2.85. The molecule has 3 unspecified atom stereocenters. The van der Waals surface area contributed by atoms with Crippen LogP contribution in [0.3, 0.4) is 0 Å². The Morgan fingerprint density at radius 3 is 2.56 bits per heavy atom. The fourth-order valence-electron chi connectivity index (χ4n) is 2.85. The molecule has 98 valence electrons. The molecule has 0 saturated heterocycles. The first-order valence-electron chi connectivity index (χ1n) is 6.56. The summed E-state index contributed by atoms with van der Waals surface area (Å²) in [6.45, 7) is 4.00. The summed E-state index contributed by atoms with van der Waals surface area (Å²) in [7, 11) is 1.91. The normalized spacial score (nSPS) is 24.7. The Morgan fingerprint density at radius 1 is 1.33 bits per heavy atom. The van der Waals surface area contributed by atoms with Crippen LogP contribution in [0.15, 0.2) is 24.3 Å². The third kappa shape index (κ3) is 2.27. The number of rotatable bonds is 3. The first-order valence-corrected chi connectivity index (χ1v) is 6.56. The summed E-state index contributed by atoms with van der Waals surface area (Å²) >= 11 is 0. The molecule has 1 aliphatic carbocycles. The molecule has 0 bridgehead atoms. The van der Waals surface area contributed by atoms with Crippen LogP contribution >= 0.6 is 0 Å². The van der Waals surface area contributed by atoms with Gasteiger partial charge in [-0.05, 0) is 43.9 Å². The van der Waals surface area contributed by atoms with Crippen LogP contribution in [0, 0.1) is 0 Å². The quantitative estimate of drug-likeness (QED) is 0.892. The Morgan fingerprint density at radius 2 is 1.94 bits per heavy atom. The zero-order valence-electron chi connectivity index (χ0n) is 11.3. The molecule has 2 rings (SSSR count). The Bertz CT molecular complexity index is 444. The lowest BCUT2D eigenvalue weighted by Gasteiger charge is -2.37. The van der Waals surface area contributed by atoms with Crippen LogP contribution < -0.4 is 0 Å². The lowest BCUT2D eigenvalue weighted by Crippen LogP contribution is -2.40. The number of carboxylic acids is 1. The second-order valence-electron chi connectivity index (χ2n) is 5.30. The van der Waals surface area contributed by atoms with Crippen molar-refractivity contribution < 1.29 is 9.90 Å². The molecule has 1 aromatic rings. The van der Waals surface area contributed by atoms with E-state index >= 15 is 0 Å². The van der Waals surface area contributed by atoms with Gasteiger partial charge in [-0.25, -0.2) is 0 Å². The predicted molar refractivity (Wildman–Crippen MR) is 71.7 cm³/mol. The number of hydrogen-bond donors (Lipinski definition) is 1. The second kappa shape index (κ2) is 5.11. The standard InChI is InChI=1S/C15H21NO2/c1-10-8-9-14(16(3)11(2)15(17)18)13-7-5-4-6-12(10)13/h4-7,10-11,14H,8-9H2,1-3H3,(H,17,18). The summed E-state index contributed by atoms with van der Waals surface area (Å²) in [6.07, 6.45) is 2.16. The van der Waals surface area contributed by atoms with E-state index in [9.17, 15) is 4.79 Å². The third-order valence-electron chi connectivity index (χ3n) is 4.22. The predicted octanol–water partition coefficient (Wildman–Crippen LogP) is 3.03. The van der Waals surface area contributed by atoms with Crippen molar-refractivity contribution in [2.45, 2.75) is 44.7 Å². The molecule has 0 aromatic heterocycles. The minimum absolute atomic E-state index is 0.225. The Hall–Kier alpha value is -1.35. The molecule has 18 heavy (non-hydrogen) atoms. The molecule has 0 radical (unpaired) electrons. The van der Waals surface area contributed by atoms with Crippen LogP contribution in [-0.4, -0.2) is 29.1 Å². The van der Waals surface area contributed by atoms with Crippen molar-refractivity contribution in [3.05, 3.63) is 35.4 Å². The topological polar surface area (TPSA) is 40.5 Å². The first-order chi connectivity index (χ1) is 8.52. The minimum Gasteiger partial charge on any atom is -0.480 e. The lowest BCUT2D eigenvalue weighted by molar-refractivity contribution is -0.143. The molecular formula is C15H21NO2. The highest BCUT2D eigenvalue weighted by Gasteiger charge is 2.31. The zero-order valence-corrected chi connectivity index (χ0v) is 11.3. The first kappa shape index (κ1) is 13.1. The molecule has 0 spiro atoms. The Balaban J connectivity index is 2.31. The van der Waals surface area contributed by atoms with Crippen molar-refractivity contribution in [3.63, 3.8) is 0 Å². The maximum atomic E-state index is 11.1. The number of nitrogens with zero attached hydrogens (tertiary/aromatic N) is 1. The lowest BCUT2D eigenvalue weighted by atomic mass is 9.80. The van der Waals surface area contributed by atoms with E-state index in [0.717, 1.165) is 12.8 Å². The Kier molecular flexibility index (Phi) is 3.71. The molecule has 0 amide bonds. The van der Waals surface area contributed by atoms with Crippen LogP contribution in [0.5, 0.6) is 0 Å². The maximum Gasteiger partial charge on any atom is 0.320 e. The van der Waals surface area contributed by atoms with Crippen molar-refractivity contribution >= 4 is 5.97 Å². The van der Waals surface area contributed by atoms with Gasteiger partial charge in [0.25, 0.3) is 0 Å². The van der Waals surface area contributed by atoms with Crippen molar-refractivity contribution in [2.75, 3.05) is 7.05 Å². The molecule has 1 aliphatic rings. The summed E-state index contributed by atoms with van der Waals surface area (Å²) in [5.74, 6) is -0.181. The van der Waals surface area contributed by atoms with Crippen LogP contribution in [0.1, 0.15) is 49.8 Å². The number of likely N-dealkylation sites (N-methyl/N-ethyl adjacent to an activating group) is 1. The SMILES string of the molecule is CC1CCC(N(C)C(C)C(=O)O)c2ccccc21. The van der Waals surface area contributed by atoms with Gasteiger partial charge in [0.1, 0.15) is 6.04 Å². The van der Waals surface area contributed by atoms with Gasteiger partial charge in [0.05, 0.1) is 0 Å². The second-order valence-corrected chi connectivity index (χ2v) is 5.30. The van der Waals surface area contributed by atoms with Gasteiger partial charge in [-0.3, -0.25) is 9.69 Å². The highest BCUT2D eigenvalue weighted by molar-refractivity contribution is 5.73. The summed E-state index contributed by atoms with van der Waals surface area (Å²) < 4.78 is 0.